The zero-order valence-corrected chi connectivity index (χ0v) is 15.2. The van der Waals surface area contributed by atoms with E-state index in [1.165, 1.54) is 31.4 Å². The van der Waals surface area contributed by atoms with Gasteiger partial charge >= 0.3 is 12.0 Å². The number of nitrogens with one attached hydrogen (secondary N) is 2. The van der Waals surface area contributed by atoms with E-state index in [0.717, 1.165) is 0 Å². The van der Waals surface area contributed by atoms with Gasteiger partial charge in [0.1, 0.15) is 10.7 Å². The molecule has 0 heterocycles. The van der Waals surface area contributed by atoms with Crippen LogP contribution in [0.15, 0.2) is 48.5 Å². The second-order valence-corrected chi connectivity index (χ2v) is 5.68. The van der Waals surface area contributed by atoms with Gasteiger partial charge in [0.2, 0.25) is 0 Å². The van der Waals surface area contributed by atoms with Crippen molar-refractivity contribution in [1.29, 1.82) is 0 Å². The smallest absolute Gasteiger partial charge is 0.343 e. The fraction of sp³-hybridized carbons (Fsp3) is 0.111. The highest BCUT2D eigenvalue weighted by Gasteiger charge is 2.11. The summed E-state index contributed by atoms with van der Waals surface area (Å²) < 4.78 is 9.64. The fourth-order valence-corrected chi connectivity index (χ4v) is 2.10. The van der Waals surface area contributed by atoms with E-state index in [2.05, 4.69) is 15.4 Å². The third kappa shape index (κ3) is 6.08. The Balaban J connectivity index is 1.89. The molecule has 2 aromatic carbocycles. The molecule has 0 fully saturated rings. The number of imide groups is 1. The molecule has 0 atom stereocenters. The summed E-state index contributed by atoms with van der Waals surface area (Å²) in [6, 6.07) is 11.8. The van der Waals surface area contributed by atoms with E-state index in [0.29, 0.717) is 17.0 Å². The third-order valence-electron chi connectivity index (χ3n) is 3.36. The summed E-state index contributed by atoms with van der Waals surface area (Å²) in [5, 5.41) is 4.73. The predicted octanol–water partition coefficient (Wildman–Crippen LogP) is 1.83. The number of urea groups is 1. The lowest BCUT2D eigenvalue weighted by atomic mass is 10.2. The Hall–Kier alpha value is -3.46. The second-order valence-electron chi connectivity index (χ2n) is 5.24. The highest BCUT2D eigenvalue weighted by molar-refractivity contribution is 7.80. The molecule has 0 aliphatic carbocycles. The minimum atomic E-state index is -0.686. The van der Waals surface area contributed by atoms with Crippen LogP contribution in [0.3, 0.4) is 0 Å². The van der Waals surface area contributed by atoms with Gasteiger partial charge in [0.25, 0.3) is 5.91 Å². The van der Waals surface area contributed by atoms with Gasteiger partial charge in [-0.05, 0) is 48.5 Å². The van der Waals surface area contributed by atoms with Crippen molar-refractivity contribution in [3.8, 4) is 5.75 Å². The van der Waals surface area contributed by atoms with Crippen LogP contribution < -0.4 is 21.1 Å². The zero-order chi connectivity index (χ0) is 19.8. The van der Waals surface area contributed by atoms with Crippen molar-refractivity contribution < 1.29 is 23.9 Å². The van der Waals surface area contributed by atoms with Crippen LogP contribution in [0.5, 0.6) is 5.75 Å². The van der Waals surface area contributed by atoms with Gasteiger partial charge in [0.15, 0.2) is 6.61 Å². The molecular weight excluding hydrogens is 370 g/mol. The number of nitrogens with two attached hydrogens (primary N) is 1. The van der Waals surface area contributed by atoms with Crippen molar-refractivity contribution in [2.24, 2.45) is 5.73 Å². The highest BCUT2D eigenvalue weighted by atomic mass is 32.1. The Bertz CT molecular complexity index is 850. The number of anilines is 1. The molecule has 0 unspecified atom stereocenters. The van der Waals surface area contributed by atoms with Crippen molar-refractivity contribution in [2.45, 2.75) is 0 Å². The first-order valence-corrected chi connectivity index (χ1v) is 8.11. The molecule has 0 saturated heterocycles. The molecule has 2 aromatic rings. The Morgan fingerprint density at radius 2 is 1.59 bits per heavy atom. The summed E-state index contributed by atoms with van der Waals surface area (Å²) in [6.07, 6.45) is 0. The number of ether oxygens (including phenoxy) is 2. The maximum atomic E-state index is 12.1. The summed E-state index contributed by atoms with van der Waals surface area (Å²) in [5.74, 6) is -0.721. The molecule has 0 spiro atoms. The number of rotatable bonds is 6. The molecule has 0 bridgehead atoms. The topological polar surface area (TPSA) is 120 Å². The summed E-state index contributed by atoms with van der Waals surface area (Å²) in [4.78, 5) is 35.3. The number of esters is 1. The number of methoxy groups -OCH3 is 1. The van der Waals surface area contributed by atoms with Crippen LogP contribution in [0.1, 0.15) is 15.9 Å². The molecule has 0 aromatic heterocycles. The van der Waals surface area contributed by atoms with Crippen molar-refractivity contribution in [3.05, 3.63) is 59.7 Å². The van der Waals surface area contributed by atoms with Crippen LogP contribution in [-0.2, 0) is 9.53 Å². The van der Waals surface area contributed by atoms with Crippen LogP contribution in [0, 0.1) is 0 Å². The molecule has 2 rings (SSSR count). The van der Waals surface area contributed by atoms with Crippen LogP contribution in [0.4, 0.5) is 10.5 Å². The van der Waals surface area contributed by atoms with Crippen LogP contribution in [0.25, 0.3) is 0 Å². The second kappa shape index (κ2) is 9.30. The standard InChI is InChI=1S/C18H17N3O5S/c1-25-15(22)10-26-14-8-4-12(5-9-14)17(23)21-18(24)20-13-6-2-11(3-7-13)16(19)27/h2-9H,10H2,1H3,(H2,19,27)(H2,20,21,23,24). The van der Waals surface area contributed by atoms with Crippen LogP contribution in [-0.4, -0.2) is 36.6 Å². The molecule has 140 valence electrons. The Morgan fingerprint density at radius 1 is 1.00 bits per heavy atom. The van der Waals surface area contributed by atoms with Crippen LogP contribution >= 0.6 is 12.2 Å². The molecule has 27 heavy (non-hydrogen) atoms. The average molecular weight is 387 g/mol. The predicted molar refractivity (Wildman–Crippen MR) is 103 cm³/mol. The van der Waals surface area contributed by atoms with Crippen molar-refractivity contribution >= 4 is 40.8 Å². The number of hydrogen-bond donors (Lipinski definition) is 3. The molecule has 0 aliphatic rings. The van der Waals surface area contributed by atoms with E-state index in [9.17, 15) is 14.4 Å². The van der Waals surface area contributed by atoms with Gasteiger partial charge in [-0.25, -0.2) is 9.59 Å². The van der Waals surface area contributed by atoms with Gasteiger partial charge in [-0.15, -0.1) is 0 Å². The third-order valence-corrected chi connectivity index (χ3v) is 3.59. The fourth-order valence-electron chi connectivity index (χ4n) is 1.96. The Kier molecular flexibility index (Phi) is 6.84. The molecule has 0 radical (unpaired) electrons. The highest BCUT2D eigenvalue weighted by Crippen LogP contribution is 2.13. The van der Waals surface area contributed by atoms with Crippen molar-refractivity contribution in [2.75, 3.05) is 19.0 Å². The molecular formula is C18H17N3O5S. The maximum Gasteiger partial charge on any atom is 0.343 e. The normalized spacial score (nSPS) is 9.81. The number of carbonyl (C=O) groups is 3. The molecule has 3 amide bonds. The summed E-state index contributed by atoms with van der Waals surface area (Å²) >= 11 is 4.85. The largest absolute Gasteiger partial charge is 0.482 e. The zero-order valence-electron chi connectivity index (χ0n) is 14.4. The first kappa shape index (κ1) is 19.9. The van der Waals surface area contributed by atoms with Gasteiger partial charge in [-0.1, -0.05) is 12.2 Å². The lowest BCUT2D eigenvalue weighted by Crippen LogP contribution is -2.34. The van der Waals surface area contributed by atoms with E-state index in [1.807, 2.05) is 0 Å². The number of benzene rings is 2. The van der Waals surface area contributed by atoms with Gasteiger partial charge in [0, 0.05) is 16.8 Å². The first-order chi connectivity index (χ1) is 12.9. The first-order valence-electron chi connectivity index (χ1n) is 7.71. The lowest BCUT2D eigenvalue weighted by Gasteiger charge is -2.08. The quantitative estimate of drug-likeness (QED) is 0.511. The Labute approximate surface area is 160 Å². The summed E-state index contributed by atoms with van der Waals surface area (Å²) in [6.45, 7) is -0.238. The molecule has 8 nitrogen and oxygen atoms in total. The summed E-state index contributed by atoms with van der Waals surface area (Å²) in [7, 11) is 1.26. The lowest BCUT2D eigenvalue weighted by molar-refractivity contribution is -0.142. The number of carbonyl (C=O) groups excluding carboxylic acids is 3. The molecule has 0 aliphatic heterocycles. The van der Waals surface area contributed by atoms with Gasteiger partial charge in [-0.2, -0.15) is 0 Å². The van der Waals surface area contributed by atoms with E-state index < -0.39 is 17.9 Å². The minimum Gasteiger partial charge on any atom is -0.482 e. The Morgan fingerprint density at radius 3 is 2.15 bits per heavy atom. The SMILES string of the molecule is COC(=O)COc1ccc(C(=O)NC(=O)Nc2ccc(C(N)=S)cc2)cc1. The number of amides is 3. The van der Waals surface area contributed by atoms with E-state index in [-0.39, 0.29) is 17.2 Å². The van der Waals surface area contributed by atoms with E-state index >= 15 is 0 Å². The van der Waals surface area contributed by atoms with Crippen molar-refractivity contribution in [1.82, 2.24) is 5.32 Å². The van der Waals surface area contributed by atoms with Gasteiger partial charge < -0.3 is 20.5 Å². The van der Waals surface area contributed by atoms with Gasteiger partial charge in [0.05, 0.1) is 7.11 Å². The monoisotopic (exact) mass is 387 g/mol. The summed E-state index contributed by atoms with van der Waals surface area (Å²) in [5.41, 5.74) is 6.90. The van der Waals surface area contributed by atoms with Crippen molar-refractivity contribution in [3.63, 3.8) is 0 Å². The molecule has 0 saturated carbocycles. The minimum absolute atomic E-state index is 0.238. The molecule has 4 N–H and O–H groups in total. The molecule has 9 heteroatoms. The number of thiocarbonyl (C=S) groups is 1. The van der Waals surface area contributed by atoms with E-state index in [1.54, 1.807) is 24.3 Å². The van der Waals surface area contributed by atoms with Crippen LogP contribution in [0.2, 0.25) is 0 Å². The maximum absolute atomic E-state index is 12.1. The van der Waals surface area contributed by atoms with E-state index in [4.69, 9.17) is 22.7 Å². The number of hydrogen-bond acceptors (Lipinski definition) is 6. The average Bonchev–Trinajstić information content (AvgIpc) is 2.66. The van der Waals surface area contributed by atoms with Gasteiger partial charge in [-0.3, -0.25) is 10.1 Å².